The van der Waals surface area contributed by atoms with Gasteiger partial charge >= 0.3 is 0 Å². The summed E-state index contributed by atoms with van der Waals surface area (Å²) in [5.41, 5.74) is -0.232. The van der Waals surface area contributed by atoms with Crippen LogP contribution in [0, 0.1) is 0 Å². The maximum absolute atomic E-state index is 13.6. The van der Waals surface area contributed by atoms with Gasteiger partial charge in [-0.2, -0.15) is 0 Å². The number of rotatable bonds is 4. The van der Waals surface area contributed by atoms with E-state index in [2.05, 4.69) is 4.98 Å². The second-order valence-corrected chi connectivity index (χ2v) is 12.5. The molecule has 1 fully saturated rings. The SMILES string of the molecule is CC1(N(c2c(Cl)ccc(C3=C(O)c4ncccc4C(C)(C)S3(=O)=O)c2Cl)[SH](=O)=O)CC1. The number of halogens is 2. The lowest BCUT2D eigenvalue weighted by Gasteiger charge is -2.34. The minimum Gasteiger partial charge on any atom is -0.504 e. The van der Waals surface area contributed by atoms with E-state index in [1.807, 2.05) is 0 Å². The van der Waals surface area contributed by atoms with Crippen molar-refractivity contribution in [2.45, 2.75) is 43.9 Å². The summed E-state index contributed by atoms with van der Waals surface area (Å²) < 4.78 is 51.1. The van der Waals surface area contributed by atoms with Crippen LogP contribution < -0.4 is 4.31 Å². The van der Waals surface area contributed by atoms with Crippen molar-refractivity contribution in [3.05, 3.63) is 57.3 Å². The first-order valence-electron chi connectivity index (χ1n) is 9.41. The quantitative estimate of drug-likeness (QED) is 0.603. The van der Waals surface area contributed by atoms with Gasteiger partial charge in [0.15, 0.2) is 15.6 Å². The Balaban J connectivity index is 2.06. The molecular formula is C20H20Cl2N2O5S2. The third-order valence-electron chi connectivity index (χ3n) is 6.01. The fraction of sp³-hybridized carbons (Fsp3) is 0.350. The summed E-state index contributed by atoms with van der Waals surface area (Å²) in [4.78, 5) is 3.76. The second-order valence-electron chi connectivity index (χ2n) is 8.40. The van der Waals surface area contributed by atoms with E-state index in [-0.39, 0.29) is 27.0 Å². The molecule has 0 unspecified atom stereocenters. The Hall–Kier alpha value is -1.81. The second kappa shape index (κ2) is 7.10. The lowest BCUT2D eigenvalue weighted by Crippen LogP contribution is -2.36. The fourth-order valence-electron chi connectivity index (χ4n) is 3.84. The number of anilines is 1. The van der Waals surface area contributed by atoms with E-state index < -0.39 is 41.7 Å². The third kappa shape index (κ3) is 3.16. The van der Waals surface area contributed by atoms with Crippen LogP contribution in [-0.4, -0.2) is 32.5 Å². The van der Waals surface area contributed by atoms with Crippen molar-refractivity contribution in [3.8, 4) is 0 Å². The molecule has 166 valence electrons. The van der Waals surface area contributed by atoms with Crippen LogP contribution >= 0.6 is 23.2 Å². The van der Waals surface area contributed by atoms with Gasteiger partial charge in [-0.3, -0.25) is 9.29 Å². The van der Waals surface area contributed by atoms with Gasteiger partial charge in [-0.15, -0.1) is 0 Å². The largest absolute Gasteiger partial charge is 0.504 e. The molecule has 11 heteroatoms. The maximum atomic E-state index is 13.6. The maximum Gasteiger partial charge on any atom is 0.225 e. The number of aromatic nitrogens is 1. The van der Waals surface area contributed by atoms with Gasteiger partial charge in [0.25, 0.3) is 0 Å². The minimum atomic E-state index is -4.14. The summed E-state index contributed by atoms with van der Waals surface area (Å²) >= 11 is 12.9. The number of pyridine rings is 1. The lowest BCUT2D eigenvalue weighted by molar-refractivity contribution is 0.501. The Labute approximate surface area is 192 Å². The molecule has 7 nitrogen and oxygen atoms in total. The number of hydrogen-bond donors (Lipinski definition) is 2. The van der Waals surface area contributed by atoms with E-state index in [4.69, 9.17) is 23.2 Å². The van der Waals surface area contributed by atoms with Crippen molar-refractivity contribution in [1.82, 2.24) is 4.98 Å². The first kappa shape index (κ1) is 22.4. The summed E-state index contributed by atoms with van der Waals surface area (Å²) in [6, 6.07) is 5.94. The number of fused-ring (bicyclic) bond motifs is 1. The van der Waals surface area contributed by atoms with E-state index in [1.165, 1.54) is 32.2 Å². The highest BCUT2D eigenvalue weighted by molar-refractivity contribution is 8.01. The first-order chi connectivity index (χ1) is 14.3. The van der Waals surface area contributed by atoms with Crippen molar-refractivity contribution in [2.75, 3.05) is 4.31 Å². The molecule has 0 radical (unpaired) electrons. The molecule has 4 rings (SSSR count). The van der Waals surface area contributed by atoms with Gasteiger partial charge in [0, 0.05) is 17.3 Å². The number of aliphatic hydroxyl groups is 1. The van der Waals surface area contributed by atoms with E-state index in [0.29, 0.717) is 18.4 Å². The zero-order chi connectivity index (χ0) is 22.9. The van der Waals surface area contributed by atoms with Crippen molar-refractivity contribution in [3.63, 3.8) is 0 Å². The van der Waals surface area contributed by atoms with Crippen LogP contribution in [0.3, 0.4) is 0 Å². The molecule has 2 aromatic rings. The molecular weight excluding hydrogens is 483 g/mol. The summed E-state index contributed by atoms with van der Waals surface area (Å²) in [7, 11) is -7.24. The molecule has 1 aromatic heterocycles. The van der Waals surface area contributed by atoms with E-state index in [0.717, 1.165) is 4.31 Å². The topological polar surface area (TPSA) is 105 Å². The fourth-order valence-corrected chi connectivity index (χ4v) is 7.39. The van der Waals surface area contributed by atoms with Gasteiger partial charge in [0.2, 0.25) is 10.9 Å². The van der Waals surface area contributed by atoms with Gasteiger partial charge in [0.05, 0.1) is 26.0 Å². The number of hydrogen-bond acceptors (Lipinski definition) is 6. The van der Waals surface area contributed by atoms with Crippen LogP contribution in [0.15, 0.2) is 30.5 Å². The number of benzene rings is 1. The Morgan fingerprint density at radius 3 is 2.35 bits per heavy atom. The first-order valence-corrected chi connectivity index (χ1v) is 12.8. The van der Waals surface area contributed by atoms with Crippen LogP contribution in [0.2, 0.25) is 10.0 Å². The predicted octanol–water partition coefficient (Wildman–Crippen LogP) is 4.32. The summed E-state index contributed by atoms with van der Waals surface area (Å²) in [6.07, 6.45) is 2.68. The zero-order valence-electron chi connectivity index (χ0n) is 16.9. The Kier molecular flexibility index (Phi) is 5.13. The molecule has 2 aliphatic rings. The number of sulfone groups is 1. The molecule has 1 aliphatic carbocycles. The van der Waals surface area contributed by atoms with Crippen LogP contribution in [0.1, 0.15) is 50.4 Å². The van der Waals surface area contributed by atoms with Crippen molar-refractivity contribution in [2.24, 2.45) is 0 Å². The molecule has 1 aromatic carbocycles. The average molecular weight is 503 g/mol. The molecule has 1 saturated carbocycles. The molecule has 1 N–H and O–H groups in total. The normalized spacial score (nSPS) is 20.5. The van der Waals surface area contributed by atoms with Crippen molar-refractivity contribution >= 4 is 60.3 Å². The molecule has 31 heavy (non-hydrogen) atoms. The summed E-state index contributed by atoms with van der Waals surface area (Å²) in [6.45, 7) is 4.80. The number of nitrogens with zero attached hydrogens (tertiary/aromatic N) is 2. The highest BCUT2D eigenvalue weighted by atomic mass is 35.5. The van der Waals surface area contributed by atoms with E-state index >= 15 is 0 Å². The van der Waals surface area contributed by atoms with E-state index in [1.54, 1.807) is 19.1 Å². The van der Waals surface area contributed by atoms with Crippen molar-refractivity contribution in [1.29, 1.82) is 0 Å². The highest BCUT2D eigenvalue weighted by Gasteiger charge is 2.50. The molecule has 0 saturated heterocycles. The standard InChI is InChI=1S/C20H20Cl2N2O5S2/c1-19(2)12-5-4-10-23-15(12)17(25)18(31(19,28)29)11-6-7-13(21)16(14(11)22)24(30(26)27)20(3)8-9-20/h4-7,10,25,30H,8-9H2,1-3H3. The Morgan fingerprint density at radius 2 is 1.77 bits per heavy atom. The van der Waals surface area contributed by atoms with Gasteiger partial charge in [-0.25, -0.2) is 16.8 Å². The lowest BCUT2D eigenvalue weighted by atomic mass is 9.98. The van der Waals surface area contributed by atoms with Gasteiger partial charge in [-0.05, 0) is 45.7 Å². The van der Waals surface area contributed by atoms with Gasteiger partial charge in [-0.1, -0.05) is 35.3 Å². The van der Waals surface area contributed by atoms with Crippen LogP contribution in [0.5, 0.6) is 0 Å². The third-order valence-corrected chi connectivity index (χ3v) is 10.2. The molecule has 0 atom stereocenters. The molecule has 0 spiro atoms. The van der Waals surface area contributed by atoms with Gasteiger partial charge in [0.1, 0.15) is 10.6 Å². The summed E-state index contributed by atoms with van der Waals surface area (Å²) in [5, 5.41) is 10.9. The average Bonchev–Trinajstić information content (AvgIpc) is 3.43. The minimum absolute atomic E-state index is 0.00271. The van der Waals surface area contributed by atoms with Gasteiger partial charge < -0.3 is 5.11 Å². The Morgan fingerprint density at radius 1 is 1.13 bits per heavy atom. The molecule has 1 aliphatic heterocycles. The van der Waals surface area contributed by atoms with Crippen LogP contribution in [0.4, 0.5) is 5.69 Å². The Bertz CT molecular complexity index is 1320. The van der Waals surface area contributed by atoms with E-state index in [9.17, 15) is 21.9 Å². The molecule has 2 heterocycles. The van der Waals surface area contributed by atoms with Crippen molar-refractivity contribution < 1.29 is 21.9 Å². The molecule has 0 bridgehead atoms. The summed E-state index contributed by atoms with van der Waals surface area (Å²) in [5.74, 6) is -0.541. The zero-order valence-corrected chi connectivity index (χ0v) is 20.1. The monoisotopic (exact) mass is 502 g/mol. The molecule has 0 amide bonds. The predicted molar refractivity (Wildman–Crippen MR) is 123 cm³/mol. The smallest absolute Gasteiger partial charge is 0.225 e. The van der Waals surface area contributed by atoms with Crippen LogP contribution in [-0.2, 0) is 25.5 Å². The highest BCUT2D eigenvalue weighted by Crippen LogP contribution is 2.53. The number of aliphatic hydroxyl groups excluding tert-OH is 1. The number of thiol groups is 1. The van der Waals surface area contributed by atoms with Crippen LogP contribution in [0.25, 0.3) is 10.7 Å².